The summed E-state index contributed by atoms with van der Waals surface area (Å²) in [5, 5.41) is 12.7. The second-order valence-corrected chi connectivity index (χ2v) is 4.87. The van der Waals surface area contributed by atoms with Gasteiger partial charge in [0.25, 0.3) is 0 Å². The van der Waals surface area contributed by atoms with E-state index in [-0.39, 0.29) is 22.2 Å². The van der Waals surface area contributed by atoms with Crippen LogP contribution >= 0.6 is 11.3 Å². The molecule has 0 aliphatic rings. The van der Waals surface area contributed by atoms with Gasteiger partial charge in [0, 0.05) is 20.8 Å². The first-order valence-corrected chi connectivity index (χ1v) is 6.56. The van der Waals surface area contributed by atoms with Gasteiger partial charge in [-0.1, -0.05) is 0 Å². The monoisotopic (exact) mass is 299 g/mol. The standard InChI is InChI=1S/C12H17N3O4S/c1-17-6-7(18-2)5-15-11-8(4-13)9(14)10(20-11)12(16)19-3/h7,15H,5-6,14H2,1-3H3. The van der Waals surface area contributed by atoms with Gasteiger partial charge in [-0.05, 0) is 0 Å². The number of nitrogens with one attached hydrogen (secondary N) is 1. The number of hydrogen-bond donors (Lipinski definition) is 2. The smallest absolute Gasteiger partial charge is 0.350 e. The Morgan fingerprint density at radius 3 is 2.70 bits per heavy atom. The molecule has 0 aliphatic heterocycles. The van der Waals surface area contributed by atoms with Gasteiger partial charge in [-0.3, -0.25) is 0 Å². The number of hydrogen-bond acceptors (Lipinski definition) is 8. The van der Waals surface area contributed by atoms with Gasteiger partial charge < -0.3 is 25.3 Å². The van der Waals surface area contributed by atoms with E-state index >= 15 is 0 Å². The minimum absolute atomic E-state index is 0.132. The molecule has 7 nitrogen and oxygen atoms in total. The molecule has 1 heterocycles. The summed E-state index contributed by atoms with van der Waals surface area (Å²) >= 11 is 1.08. The van der Waals surface area contributed by atoms with Crippen LogP contribution in [-0.4, -0.2) is 46.6 Å². The van der Waals surface area contributed by atoms with Gasteiger partial charge in [-0.25, -0.2) is 4.79 Å². The zero-order valence-electron chi connectivity index (χ0n) is 11.6. The summed E-state index contributed by atoms with van der Waals surface area (Å²) in [5.41, 5.74) is 6.15. The molecule has 0 bridgehead atoms. The van der Waals surface area contributed by atoms with Crippen LogP contribution in [0.1, 0.15) is 15.2 Å². The van der Waals surface area contributed by atoms with Gasteiger partial charge in [0.2, 0.25) is 0 Å². The summed E-state index contributed by atoms with van der Waals surface area (Å²) in [5.74, 6) is -0.558. The Labute approximate surface area is 121 Å². The first-order chi connectivity index (χ1) is 9.58. The zero-order valence-corrected chi connectivity index (χ0v) is 12.4. The largest absolute Gasteiger partial charge is 0.465 e. The maximum Gasteiger partial charge on any atom is 0.350 e. The highest BCUT2D eigenvalue weighted by Crippen LogP contribution is 2.35. The van der Waals surface area contributed by atoms with Crippen molar-refractivity contribution >= 4 is 28.0 Å². The van der Waals surface area contributed by atoms with E-state index in [9.17, 15) is 4.79 Å². The first-order valence-electron chi connectivity index (χ1n) is 5.75. The number of anilines is 2. The summed E-state index contributed by atoms with van der Waals surface area (Å²) < 4.78 is 14.8. The highest BCUT2D eigenvalue weighted by molar-refractivity contribution is 7.18. The van der Waals surface area contributed by atoms with Crippen LogP contribution in [0.2, 0.25) is 0 Å². The predicted octanol–water partition coefficient (Wildman–Crippen LogP) is 1.06. The van der Waals surface area contributed by atoms with Crippen molar-refractivity contribution in [3.8, 4) is 6.07 Å². The lowest BCUT2D eigenvalue weighted by Gasteiger charge is -2.15. The second kappa shape index (κ2) is 7.69. The van der Waals surface area contributed by atoms with E-state index in [0.717, 1.165) is 11.3 Å². The Bertz CT molecular complexity index is 510. The molecule has 0 spiro atoms. The Morgan fingerprint density at radius 2 is 2.20 bits per heavy atom. The Kier molecular flexibility index (Phi) is 6.24. The SMILES string of the molecule is COCC(CNc1sc(C(=O)OC)c(N)c1C#N)OC. The van der Waals surface area contributed by atoms with E-state index in [4.69, 9.17) is 20.5 Å². The number of nitrogens with zero attached hydrogens (tertiary/aromatic N) is 1. The Hall–Kier alpha value is -1.82. The fourth-order valence-electron chi connectivity index (χ4n) is 1.53. The molecule has 0 amide bonds. The molecule has 1 atom stereocenters. The number of nitrogen functional groups attached to an aromatic ring is 1. The first kappa shape index (κ1) is 16.2. The fourth-order valence-corrected chi connectivity index (χ4v) is 2.52. The van der Waals surface area contributed by atoms with Crippen molar-refractivity contribution in [2.45, 2.75) is 6.10 Å². The van der Waals surface area contributed by atoms with Gasteiger partial charge >= 0.3 is 5.97 Å². The van der Waals surface area contributed by atoms with Crippen LogP contribution in [0.4, 0.5) is 10.7 Å². The van der Waals surface area contributed by atoms with Crippen LogP contribution in [0.5, 0.6) is 0 Å². The van der Waals surface area contributed by atoms with Crippen molar-refractivity contribution in [2.24, 2.45) is 0 Å². The summed E-state index contributed by atoms with van der Waals surface area (Å²) in [4.78, 5) is 11.8. The van der Waals surface area contributed by atoms with Crippen molar-refractivity contribution < 1.29 is 19.0 Å². The third-order valence-corrected chi connectivity index (χ3v) is 3.75. The van der Waals surface area contributed by atoms with Crippen molar-refractivity contribution in [3.05, 3.63) is 10.4 Å². The number of nitrogens with two attached hydrogens (primary N) is 1. The number of esters is 1. The number of carbonyl (C=O) groups is 1. The highest BCUT2D eigenvalue weighted by atomic mass is 32.1. The molecule has 8 heteroatoms. The molecule has 0 fully saturated rings. The molecule has 0 aromatic carbocycles. The topological polar surface area (TPSA) is 107 Å². The summed E-state index contributed by atoms with van der Waals surface area (Å²) in [6.07, 6.45) is -0.170. The molecule has 3 N–H and O–H groups in total. The van der Waals surface area contributed by atoms with Crippen LogP contribution in [0.3, 0.4) is 0 Å². The molecule has 0 aliphatic carbocycles. The molecule has 0 saturated heterocycles. The highest BCUT2D eigenvalue weighted by Gasteiger charge is 2.22. The molecule has 110 valence electrons. The number of thiophene rings is 1. The number of rotatable bonds is 7. The van der Waals surface area contributed by atoms with Crippen molar-refractivity contribution in [1.29, 1.82) is 5.26 Å². The van der Waals surface area contributed by atoms with Gasteiger partial charge in [0.1, 0.15) is 21.5 Å². The lowest BCUT2D eigenvalue weighted by atomic mass is 10.2. The summed E-state index contributed by atoms with van der Waals surface area (Å²) in [7, 11) is 4.41. The van der Waals surface area contributed by atoms with Crippen LogP contribution in [0.25, 0.3) is 0 Å². The van der Waals surface area contributed by atoms with Crippen LogP contribution < -0.4 is 11.1 Å². The summed E-state index contributed by atoms with van der Waals surface area (Å²) in [6.45, 7) is 0.843. The summed E-state index contributed by atoms with van der Waals surface area (Å²) in [6, 6.07) is 1.98. The quantitative estimate of drug-likeness (QED) is 0.725. The fraction of sp³-hybridized carbons (Fsp3) is 0.500. The molecular formula is C12H17N3O4S. The average Bonchev–Trinajstić information content (AvgIpc) is 2.78. The van der Waals surface area contributed by atoms with Gasteiger partial charge in [0.05, 0.1) is 25.5 Å². The molecule has 1 aromatic rings. The van der Waals surface area contributed by atoms with E-state index in [1.165, 1.54) is 7.11 Å². The minimum atomic E-state index is -0.558. The number of methoxy groups -OCH3 is 3. The second-order valence-electron chi connectivity index (χ2n) is 3.85. The third-order valence-electron chi connectivity index (χ3n) is 2.60. The van der Waals surface area contributed by atoms with E-state index in [1.807, 2.05) is 6.07 Å². The van der Waals surface area contributed by atoms with E-state index in [0.29, 0.717) is 18.2 Å². The van der Waals surface area contributed by atoms with Crippen LogP contribution in [-0.2, 0) is 14.2 Å². The van der Waals surface area contributed by atoms with E-state index in [1.54, 1.807) is 14.2 Å². The van der Waals surface area contributed by atoms with E-state index in [2.05, 4.69) is 10.1 Å². The van der Waals surface area contributed by atoms with Crippen LogP contribution in [0.15, 0.2) is 0 Å². The van der Waals surface area contributed by atoms with Crippen molar-refractivity contribution in [1.82, 2.24) is 0 Å². The maximum atomic E-state index is 11.5. The van der Waals surface area contributed by atoms with Gasteiger partial charge in [0.15, 0.2) is 0 Å². The van der Waals surface area contributed by atoms with Gasteiger partial charge in [-0.2, -0.15) is 5.26 Å². The molecule has 20 heavy (non-hydrogen) atoms. The molecule has 0 saturated carbocycles. The lowest BCUT2D eigenvalue weighted by molar-refractivity contribution is 0.0366. The molecular weight excluding hydrogens is 282 g/mol. The molecule has 1 unspecified atom stereocenters. The molecule has 1 aromatic heterocycles. The predicted molar refractivity (Wildman–Crippen MR) is 75.9 cm³/mol. The minimum Gasteiger partial charge on any atom is -0.465 e. The lowest BCUT2D eigenvalue weighted by Crippen LogP contribution is -2.26. The maximum absolute atomic E-state index is 11.5. The number of carbonyl (C=O) groups excluding carboxylic acids is 1. The molecule has 1 rings (SSSR count). The third kappa shape index (κ3) is 3.60. The molecule has 0 radical (unpaired) electrons. The van der Waals surface area contributed by atoms with Crippen molar-refractivity contribution in [3.63, 3.8) is 0 Å². The van der Waals surface area contributed by atoms with Crippen molar-refractivity contribution in [2.75, 3.05) is 45.5 Å². The zero-order chi connectivity index (χ0) is 15.1. The normalized spacial score (nSPS) is 11.7. The van der Waals surface area contributed by atoms with Gasteiger partial charge in [-0.15, -0.1) is 11.3 Å². The number of ether oxygens (including phenoxy) is 3. The van der Waals surface area contributed by atoms with E-state index < -0.39 is 5.97 Å². The number of nitriles is 1. The average molecular weight is 299 g/mol. The Morgan fingerprint density at radius 1 is 1.50 bits per heavy atom. The Balaban J connectivity index is 2.90. The van der Waals surface area contributed by atoms with Crippen LogP contribution in [0, 0.1) is 11.3 Å².